The minimum Gasteiger partial charge on any atom is -0.486 e. The summed E-state index contributed by atoms with van der Waals surface area (Å²) in [6.07, 6.45) is 0. The molecule has 2 heterocycles. The number of nitrogens with zero attached hydrogens (tertiary/aromatic N) is 1. The van der Waals surface area contributed by atoms with E-state index in [1.54, 1.807) is 12.1 Å². The molecule has 1 aromatic rings. The first-order valence-corrected chi connectivity index (χ1v) is 7.20. The van der Waals surface area contributed by atoms with Crippen LogP contribution in [-0.4, -0.2) is 42.8 Å². The molecule has 1 aromatic carbocycles. The number of ether oxygens (including phenoxy) is 2. The third-order valence-corrected chi connectivity index (χ3v) is 3.75. The third kappa shape index (κ3) is 2.43. The van der Waals surface area contributed by atoms with E-state index in [1.807, 2.05) is 13.8 Å². The van der Waals surface area contributed by atoms with Crippen LogP contribution in [-0.2, 0) is 9.59 Å². The molecule has 2 N–H and O–H groups in total. The zero-order valence-electron chi connectivity index (χ0n) is 12.5. The molecule has 0 bridgehead atoms. The smallest absolute Gasteiger partial charge is 0.323 e. The van der Waals surface area contributed by atoms with E-state index in [0.29, 0.717) is 36.1 Å². The summed E-state index contributed by atoms with van der Waals surface area (Å²) in [7, 11) is 0. The molecule has 2 aliphatic heterocycles. The first-order chi connectivity index (χ1) is 10.5. The summed E-state index contributed by atoms with van der Waals surface area (Å²) in [5.74, 6) is -0.145. The van der Waals surface area contributed by atoms with Gasteiger partial charge in [0, 0.05) is 12.1 Å². The molecular formula is C15H18N2O5. The normalized spacial score (nSPS) is 19.7. The van der Waals surface area contributed by atoms with Crippen LogP contribution in [0.3, 0.4) is 0 Å². The highest BCUT2D eigenvalue weighted by atomic mass is 16.6. The Hall–Kier alpha value is -2.44. The zero-order valence-corrected chi connectivity index (χ0v) is 12.5. The van der Waals surface area contributed by atoms with Gasteiger partial charge in [0.05, 0.1) is 11.4 Å². The van der Waals surface area contributed by atoms with Crippen LogP contribution >= 0.6 is 0 Å². The molecule has 0 aliphatic carbocycles. The van der Waals surface area contributed by atoms with Crippen LogP contribution in [0.15, 0.2) is 12.1 Å². The number of nitrogens with one attached hydrogen (secondary N) is 1. The second-order valence-electron chi connectivity index (χ2n) is 5.70. The quantitative estimate of drug-likeness (QED) is 0.876. The van der Waals surface area contributed by atoms with E-state index in [-0.39, 0.29) is 18.4 Å². The second-order valence-corrected chi connectivity index (χ2v) is 5.70. The van der Waals surface area contributed by atoms with Crippen LogP contribution in [0, 0.1) is 5.92 Å². The number of carboxylic acid groups (broad SMARTS) is 1. The number of fused-ring (bicyclic) bond motifs is 2. The molecule has 22 heavy (non-hydrogen) atoms. The number of hydrogen-bond acceptors (Lipinski definition) is 5. The topological polar surface area (TPSA) is 88.1 Å². The Bertz CT molecular complexity index is 629. The van der Waals surface area contributed by atoms with Gasteiger partial charge in [-0.3, -0.25) is 14.5 Å². The average molecular weight is 306 g/mol. The number of rotatable bonds is 3. The van der Waals surface area contributed by atoms with Gasteiger partial charge in [0.15, 0.2) is 11.5 Å². The minimum absolute atomic E-state index is 0.0325. The second kappa shape index (κ2) is 5.40. The standard InChI is InChI=1S/C15H18N2O5/c1-8(2)14-15(20)17(7-13(18)19)10-6-12-11(5-9(10)16-14)21-3-4-22-12/h5-6,8,14,16H,3-4,7H2,1-2H3,(H,18,19). The molecule has 1 unspecified atom stereocenters. The maximum absolute atomic E-state index is 12.6. The molecule has 3 rings (SSSR count). The van der Waals surface area contributed by atoms with Crippen molar-refractivity contribution < 1.29 is 24.2 Å². The van der Waals surface area contributed by atoms with Gasteiger partial charge in [-0.2, -0.15) is 0 Å². The van der Waals surface area contributed by atoms with Crippen LogP contribution in [0.5, 0.6) is 11.5 Å². The molecule has 1 amide bonds. The molecule has 0 fully saturated rings. The van der Waals surface area contributed by atoms with Gasteiger partial charge in [-0.25, -0.2) is 0 Å². The number of carboxylic acids is 1. The maximum Gasteiger partial charge on any atom is 0.323 e. The van der Waals surface area contributed by atoms with E-state index >= 15 is 0 Å². The molecule has 0 spiro atoms. The average Bonchev–Trinajstić information content (AvgIpc) is 2.47. The fourth-order valence-corrected chi connectivity index (χ4v) is 2.68. The monoisotopic (exact) mass is 306 g/mol. The number of hydrogen-bond donors (Lipinski definition) is 2. The minimum atomic E-state index is -1.06. The van der Waals surface area contributed by atoms with Crippen molar-refractivity contribution in [1.29, 1.82) is 0 Å². The van der Waals surface area contributed by atoms with Crippen LogP contribution in [0.1, 0.15) is 13.8 Å². The summed E-state index contributed by atoms with van der Waals surface area (Å²) < 4.78 is 11.1. The first kappa shape index (κ1) is 14.5. The summed E-state index contributed by atoms with van der Waals surface area (Å²) in [5.41, 5.74) is 1.19. The first-order valence-electron chi connectivity index (χ1n) is 7.20. The van der Waals surface area contributed by atoms with Crippen molar-refractivity contribution in [2.45, 2.75) is 19.9 Å². The summed E-state index contributed by atoms with van der Waals surface area (Å²) in [6, 6.07) is 2.96. The lowest BCUT2D eigenvalue weighted by molar-refractivity contribution is -0.136. The van der Waals surface area contributed by atoms with E-state index < -0.39 is 12.0 Å². The Morgan fingerprint density at radius 3 is 2.59 bits per heavy atom. The number of anilines is 2. The Kier molecular flexibility index (Phi) is 3.56. The predicted molar refractivity (Wildman–Crippen MR) is 79.7 cm³/mol. The number of carbonyl (C=O) groups excluding carboxylic acids is 1. The van der Waals surface area contributed by atoms with Crippen molar-refractivity contribution in [3.8, 4) is 11.5 Å². The zero-order chi connectivity index (χ0) is 15.9. The Balaban J connectivity index is 2.07. The van der Waals surface area contributed by atoms with Gasteiger partial charge in [-0.05, 0) is 5.92 Å². The van der Waals surface area contributed by atoms with E-state index in [2.05, 4.69) is 5.32 Å². The Labute approximate surface area is 127 Å². The van der Waals surface area contributed by atoms with E-state index in [1.165, 1.54) is 4.90 Å². The maximum atomic E-state index is 12.6. The van der Waals surface area contributed by atoms with Crippen LogP contribution in [0.4, 0.5) is 11.4 Å². The molecule has 2 aliphatic rings. The van der Waals surface area contributed by atoms with Crippen molar-refractivity contribution in [2.24, 2.45) is 5.92 Å². The van der Waals surface area contributed by atoms with Gasteiger partial charge < -0.3 is 19.9 Å². The summed E-state index contributed by atoms with van der Waals surface area (Å²) in [4.78, 5) is 25.0. The summed E-state index contributed by atoms with van der Waals surface area (Å²) >= 11 is 0. The van der Waals surface area contributed by atoms with Crippen molar-refractivity contribution >= 4 is 23.3 Å². The van der Waals surface area contributed by atoms with Crippen molar-refractivity contribution in [3.63, 3.8) is 0 Å². The third-order valence-electron chi connectivity index (χ3n) is 3.75. The molecule has 7 nitrogen and oxygen atoms in total. The molecule has 0 radical (unpaired) electrons. The van der Waals surface area contributed by atoms with Gasteiger partial charge in [0.25, 0.3) is 0 Å². The Morgan fingerprint density at radius 2 is 2.00 bits per heavy atom. The summed E-state index contributed by atoms with van der Waals surface area (Å²) in [6.45, 7) is 4.35. The van der Waals surface area contributed by atoms with Crippen LogP contribution in [0.25, 0.3) is 0 Å². The lowest BCUT2D eigenvalue weighted by atomic mass is 9.98. The van der Waals surface area contributed by atoms with Gasteiger partial charge in [-0.1, -0.05) is 13.8 Å². The molecule has 0 aromatic heterocycles. The molecule has 1 atom stereocenters. The summed E-state index contributed by atoms with van der Waals surface area (Å²) in [5, 5.41) is 12.3. The van der Waals surface area contributed by atoms with Gasteiger partial charge in [0.2, 0.25) is 5.91 Å². The SMILES string of the molecule is CC(C)C1Nc2cc3c(cc2N(CC(=O)O)C1=O)OCCO3. The van der Waals surface area contributed by atoms with Gasteiger partial charge in [-0.15, -0.1) is 0 Å². The number of carbonyl (C=O) groups is 2. The number of benzene rings is 1. The highest BCUT2D eigenvalue weighted by Gasteiger charge is 2.36. The largest absolute Gasteiger partial charge is 0.486 e. The highest BCUT2D eigenvalue weighted by Crippen LogP contribution is 2.42. The molecule has 0 saturated heterocycles. The highest BCUT2D eigenvalue weighted by molar-refractivity contribution is 6.07. The number of amides is 1. The van der Waals surface area contributed by atoms with E-state index in [9.17, 15) is 9.59 Å². The molecule has 7 heteroatoms. The van der Waals surface area contributed by atoms with E-state index in [0.717, 1.165) is 0 Å². The van der Waals surface area contributed by atoms with Crippen molar-refractivity contribution in [2.75, 3.05) is 30.0 Å². The lowest BCUT2D eigenvalue weighted by Gasteiger charge is -2.37. The fourth-order valence-electron chi connectivity index (χ4n) is 2.68. The number of aliphatic carboxylic acids is 1. The molecule has 0 saturated carbocycles. The van der Waals surface area contributed by atoms with Crippen molar-refractivity contribution in [3.05, 3.63) is 12.1 Å². The lowest BCUT2D eigenvalue weighted by Crippen LogP contribution is -2.51. The van der Waals surface area contributed by atoms with Crippen LogP contribution < -0.4 is 19.7 Å². The molecular weight excluding hydrogens is 288 g/mol. The van der Waals surface area contributed by atoms with E-state index in [4.69, 9.17) is 14.6 Å². The Morgan fingerprint density at radius 1 is 1.36 bits per heavy atom. The predicted octanol–water partition coefficient (Wildman–Crippen LogP) is 1.33. The van der Waals surface area contributed by atoms with Crippen LogP contribution in [0.2, 0.25) is 0 Å². The van der Waals surface area contributed by atoms with Crippen molar-refractivity contribution in [1.82, 2.24) is 0 Å². The van der Waals surface area contributed by atoms with Gasteiger partial charge >= 0.3 is 5.97 Å². The fraction of sp³-hybridized carbons (Fsp3) is 0.467. The molecule has 118 valence electrons. The van der Waals surface area contributed by atoms with Gasteiger partial charge in [0.1, 0.15) is 25.8 Å².